The average Bonchev–Trinajstić information content (AvgIpc) is 2.64. The summed E-state index contributed by atoms with van der Waals surface area (Å²) in [6.07, 6.45) is 0.911. The summed E-state index contributed by atoms with van der Waals surface area (Å²) in [4.78, 5) is 13.7. The predicted octanol–water partition coefficient (Wildman–Crippen LogP) is 1.44. The number of carbonyl (C=O) groups is 1. The molecular formula is C12H24N2O2. The fraction of sp³-hybridized carbons (Fsp3) is 0.917. The molecule has 1 fully saturated rings. The molecule has 0 saturated carbocycles. The van der Waals surface area contributed by atoms with Crippen molar-refractivity contribution in [1.82, 2.24) is 10.2 Å². The van der Waals surface area contributed by atoms with E-state index >= 15 is 0 Å². The van der Waals surface area contributed by atoms with Gasteiger partial charge in [-0.25, -0.2) is 4.79 Å². The van der Waals surface area contributed by atoms with E-state index in [2.05, 4.69) is 26.1 Å². The molecule has 0 aromatic heterocycles. The number of likely N-dealkylation sites (tertiary alicyclic amines) is 1. The molecule has 0 aromatic carbocycles. The van der Waals surface area contributed by atoms with E-state index in [1.807, 2.05) is 6.92 Å². The second-order valence-electron chi connectivity index (χ2n) is 5.82. The van der Waals surface area contributed by atoms with Gasteiger partial charge in [-0.3, -0.25) is 0 Å². The van der Waals surface area contributed by atoms with Gasteiger partial charge < -0.3 is 15.3 Å². The minimum Gasteiger partial charge on any atom is -0.396 e. The van der Waals surface area contributed by atoms with Crippen LogP contribution in [0.25, 0.3) is 0 Å². The van der Waals surface area contributed by atoms with Gasteiger partial charge in [-0.1, -0.05) is 20.8 Å². The normalized spacial score (nSPS) is 23.3. The minimum atomic E-state index is -0.00150. The number of carbonyl (C=O) groups excluding carboxylic acids is 1. The van der Waals surface area contributed by atoms with E-state index in [1.165, 1.54) is 0 Å². The van der Waals surface area contributed by atoms with Crippen LogP contribution in [0.3, 0.4) is 0 Å². The number of aliphatic hydroxyl groups is 1. The van der Waals surface area contributed by atoms with Gasteiger partial charge in [0.05, 0.1) is 0 Å². The molecular weight excluding hydrogens is 204 g/mol. The van der Waals surface area contributed by atoms with Crippen LogP contribution >= 0.6 is 0 Å². The molecule has 1 heterocycles. The summed E-state index contributed by atoms with van der Waals surface area (Å²) in [6, 6.07) is 0.145. The molecule has 1 aliphatic heterocycles. The van der Waals surface area contributed by atoms with Crippen LogP contribution in [0, 0.1) is 11.3 Å². The highest BCUT2D eigenvalue weighted by Gasteiger charge is 2.28. The van der Waals surface area contributed by atoms with Crippen LogP contribution in [0.5, 0.6) is 0 Å². The van der Waals surface area contributed by atoms with Gasteiger partial charge in [0.2, 0.25) is 0 Å². The van der Waals surface area contributed by atoms with Crippen LogP contribution in [-0.4, -0.2) is 41.8 Å². The Kier molecular flexibility index (Phi) is 4.19. The monoisotopic (exact) mass is 228 g/mol. The number of rotatable bonds is 2. The molecule has 0 bridgehead atoms. The Bertz CT molecular complexity index is 248. The summed E-state index contributed by atoms with van der Waals surface area (Å²) in [6.45, 7) is 9.97. The molecule has 1 rings (SSSR count). The smallest absolute Gasteiger partial charge is 0.317 e. The number of aliphatic hydroxyl groups excluding tert-OH is 1. The Morgan fingerprint density at radius 3 is 2.62 bits per heavy atom. The van der Waals surface area contributed by atoms with Crippen molar-refractivity contribution in [3.05, 3.63) is 0 Å². The van der Waals surface area contributed by atoms with Gasteiger partial charge in [-0.05, 0) is 18.8 Å². The van der Waals surface area contributed by atoms with Crippen LogP contribution in [0.1, 0.15) is 34.1 Å². The topological polar surface area (TPSA) is 52.6 Å². The van der Waals surface area contributed by atoms with Gasteiger partial charge in [0.25, 0.3) is 0 Å². The van der Waals surface area contributed by atoms with Crippen molar-refractivity contribution in [1.29, 1.82) is 0 Å². The Balaban J connectivity index is 2.42. The summed E-state index contributed by atoms with van der Waals surface area (Å²) < 4.78 is 0. The lowest BCUT2D eigenvalue weighted by molar-refractivity contribution is 0.185. The molecule has 0 spiro atoms. The molecule has 1 aliphatic rings. The van der Waals surface area contributed by atoms with E-state index in [4.69, 9.17) is 5.11 Å². The largest absolute Gasteiger partial charge is 0.396 e. The van der Waals surface area contributed by atoms with Crippen LogP contribution in [0.2, 0.25) is 0 Å². The van der Waals surface area contributed by atoms with Crippen molar-refractivity contribution in [3.63, 3.8) is 0 Å². The average molecular weight is 228 g/mol. The Hall–Kier alpha value is -0.770. The van der Waals surface area contributed by atoms with Crippen LogP contribution in [-0.2, 0) is 0 Å². The van der Waals surface area contributed by atoms with E-state index in [1.54, 1.807) is 4.90 Å². The molecule has 94 valence electrons. The second kappa shape index (κ2) is 5.04. The fourth-order valence-corrected chi connectivity index (χ4v) is 1.66. The number of urea groups is 1. The first-order valence-electron chi connectivity index (χ1n) is 6.01. The van der Waals surface area contributed by atoms with Crippen LogP contribution in [0.15, 0.2) is 0 Å². The molecule has 0 aliphatic carbocycles. The molecule has 4 nitrogen and oxygen atoms in total. The van der Waals surface area contributed by atoms with Gasteiger partial charge in [0.1, 0.15) is 0 Å². The van der Waals surface area contributed by atoms with Crippen molar-refractivity contribution in [2.24, 2.45) is 11.3 Å². The number of hydrogen-bond donors (Lipinski definition) is 2. The van der Waals surface area contributed by atoms with E-state index in [0.29, 0.717) is 6.54 Å². The first-order chi connectivity index (χ1) is 7.34. The maximum Gasteiger partial charge on any atom is 0.317 e. The number of nitrogens with zero attached hydrogens (tertiary/aromatic N) is 1. The van der Waals surface area contributed by atoms with Crippen molar-refractivity contribution < 1.29 is 9.90 Å². The van der Waals surface area contributed by atoms with Crippen LogP contribution < -0.4 is 5.32 Å². The number of amides is 2. The van der Waals surface area contributed by atoms with Crippen molar-refractivity contribution in [3.8, 4) is 0 Å². The predicted molar refractivity (Wildman–Crippen MR) is 64.2 cm³/mol. The highest BCUT2D eigenvalue weighted by molar-refractivity contribution is 5.74. The third-order valence-corrected chi connectivity index (χ3v) is 3.47. The molecule has 1 saturated heterocycles. The second-order valence-corrected chi connectivity index (χ2v) is 5.82. The van der Waals surface area contributed by atoms with Gasteiger partial charge in [0, 0.05) is 31.7 Å². The maximum atomic E-state index is 11.9. The van der Waals surface area contributed by atoms with Crippen molar-refractivity contribution in [2.75, 3.05) is 19.7 Å². The molecule has 0 aromatic rings. The highest BCUT2D eigenvalue weighted by Crippen LogP contribution is 2.20. The summed E-state index contributed by atoms with van der Waals surface area (Å²) in [7, 11) is 0. The zero-order chi connectivity index (χ0) is 12.3. The molecule has 0 radical (unpaired) electrons. The molecule has 2 N–H and O–H groups in total. The summed E-state index contributed by atoms with van der Waals surface area (Å²) in [5.41, 5.74) is 0.0752. The standard InChI is InChI=1S/C12H24N2O2/c1-9(12(2,3)4)13-11(16)14-6-5-10(7-14)8-15/h9-10,15H,5-8H2,1-4H3,(H,13,16). The van der Waals surface area contributed by atoms with Crippen molar-refractivity contribution >= 4 is 6.03 Å². The quantitative estimate of drug-likeness (QED) is 0.751. The SMILES string of the molecule is CC(NC(=O)N1CCC(CO)C1)C(C)(C)C. The first kappa shape index (κ1) is 13.3. The zero-order valence-corrected chi connectivity index (χ0v) is 10.8. The van der Waals surface area contributed by atoms with Crippen molar-refractivity contribution in [2.45, 2.75) is 40.2 Å². The number of nitrogens with one attached hydrogen (secondary N) is 1. The minimum absolute atomic E-state index is 0.00150. The summed E-state index contributed by atoms with van der Waals surface area (Å²) in [5.74, 6) is 0.260. The molecule has 4 heteroatoms. The van der Waals surface area contributed by atoms with Gasteiger partial charge in [-0.15, -0.1) is 0 Å². The van der Waals surface area contributed by atoms with Gasteiger partial charge in [-0.2, -0.15) is 0 Å². The summed E-state index contributed by atoms with van der Waals surface area (Å²) >= 11 is 0. The third kappa shape index (κ3) is 3.37. The highest BCUT2D eigenvalue weighted by atomic mass is 16.3. The Morgan fingerprint density at radius 1 is 1.56 bits per heavy atom. The Labute approximate surface area is 98.0 Å². The third-order valence-electron chi connectivity index (χ3n) is 3.47. The lowest BCUT2D eigenvalue weighted by atomic mass is 9.88. The van der Waals surface area contributed by atoms with Gasteiger partial charge >= 0.3 is 6.03 Å². The van der Waals surface area contributed by atoms with Crippen LogP contribution in [0.4, 0.5) is 4.79 Å². The fourth-order valence-electron chi connectivity index (χ4n) is 1.66. The van der Waals surface area contributed by atoms with E-state index in [0.717, 1.165) is 13.0 Å². The Morgan fingerprint density at radius 2 is 2.19 bits per heavy atom. The van der Waals surface area contributed by atoms with Gasteiger partial charge in [0.15, 0.2) is 0 Å². The molecule has 2 unspecified atom stereocenters. The lowest BCUT2D eigenvalue weighted by Gasteiger charge is -2.30. The first-order valence-corrected chi connectivity index (χ1v) is 6.01. The molecule has 2 atom stereocenters. The molecule has 2 amide bonds. The lowest BCUT2D eigenvalue weighted by Crippen LogP contribution is -2.47. The molecule has 16 heavy (non-hydrogen) atoms. The summed E-state index contributed by atoms with van der Waals surface area (Å²) in [5, 5.41) is 12.0. The van der Waals surface area contributed by atoms with E-state index < -0.39 is 0 Å². The van der Waals surface area contributed by atoms with E-state index in [-0.39, 0.29) is 30.0 Å². The number of hydrogen-bond acceptors (Lipinski definition) is 2. The van der Waals surface area contributed by atoms with E-state index in [9.17, 15) is 4.79 Å². The zero-order valence-electron chi connectivity index (χ0n) is 10.8. The maximum absolute atomic E-state index is 11.9.